The highest BCUT2D eigenvalue weighted by molar-refractivity contribution is 7.08. The minimum Gasteiger partial charge on any atom is -0.494 e. The van der Waals surface area contributed by atoms with Crippen LogP contribution in [0.4, 0.5) is 4.39 Å². The molecular weight excluding hydrogens is 279 g/mol. The molecule has 0 N–H and O–H groups in total. The molecule has 0 bridgehead atoms. The molecule has 1 aromatic carbocycles. The fourth-order valence-electron chi connectivity index (χ4n) is 1.92. The van der Waals surface area contributed by atoms with Crippen molar-refractivity contribution < 1.29 is 13.9 Å². The lowest BCUT2D eigenvalue weighted by molar-refractivity contribution is 0.0994. The molecule has 2 aromatic rings. The number of aryl methyl sites for hydroxylation is 1. The molecule has 0 aliphatic rings. The summed E-state index contributed by atoms with van der Waals surface area (Å²) in [6, 6.07) is 4.78. The Morgan fingerprint density at radius 3 is 2.95 bits per heavy atom. The van der Waals surface area contributed by atoms with Crippen LogP contribution in [0.5, 0.6) is 5.75 Å². The first kappa shape index (κ1) is 14.6. The average Bonchev–Trinajstić information content (AvgIpc) is 2.90. The van der Waals surface area contributed by atoms with Crippen LogP contribution in [0, 0.1) is 5.82 Å². The molecule has 1 aromatic heterocycles. The second-order valence-electron chi connectivity index (χ2n) is 4.33. The number of carbonyl (C=O) groups excluding carboxylic acids is 1. The summed E-state index contributed by atoms with van der Waals surface area (Å²) in [6.45, 7) is 2.01. The zero-order valence-electron chi connectivity index (χ0n) is 11.4. The first-order chi connectivity index (χ1) is 9.67. The largest absolute Gasteiger partial charge is 0.494 e. The van der Waals surface area contributed by atoms with Gasteiger partial charge in [0.15, 0.2) is 17.3 Å². The molecule has 4 nitrogen and oxygen atoms in total. The summed E-state index contributed by atoms with van der Waals surface area (Å²) in [7, 11) is 1.40. The van der Waals surface area contributed by atoms with E-state index in [2.05, 4.69) is 9.59 Å². The van der Waals surface area contributed by atoms with E-state index in [0.717, 1.165) is 18.0 Å². The summed E-state index contributed by atoms with van der Waals surface area (Å²) >= 11 is 1.07. The van der Waals surface area contributed by atoms with Gasteiger partial charge in [0.25, 0.3) is 0 Å². The Bertz CT molecular complexity index is 613. The molecule has 0 atom stereocenters. The highest BCUT2D eigenvalue weighted by Crippen LogP contribution is 2.22. The summed E-state index contributed by atoms with van der Waals surface area (Å²) in [5.41, 5.74) is 1.02. The fourth-order valence-corrected chi connectivity index (χ4v) is 2.57. The van der Waals surface area contributed by atoms with Crippen LogP contribution >= 0.6 is 11.5 Å². The van der Waals surface area contributed by atoms with Gasteiger partial charge in [0.05, 0.1) is 12.8 Å². The zero-order chi connectivity index (χ0) is 14.5. The maximum atomic E-state index is 14.0. The van der Waals surface area contributed by atoms with Crippen LogP contribution in [0.2, 0.25) is 0 Å². The number of rotatable bonds is 6. The Balaban J connectivity index is 2.21. The van der Waals surface area contributed by atoms with Crippen LogP contribution in [0.3, 0.4) is 0 Å². The number of hydrogen-bond donors (Lipinski definition) is 0. The van der Waals surface area contributed by atoms with E-state index >= 15 is 0 Å². The van der Waals surface area contributed by atoms with Crippen molar-refractivity contribution in [1.29, 1.82) is 0 Å². The zero-order valence-corrected chi connectivity index (χ0v) is 12.2. The maximum absolute atomic E-state index is 14.0. The lowest BCUT2D eigenvalue weighted by Gasteiger charge is -2.06. The van der Waals surface area contributed by atoms with Gasteiger partial charge in [-0.3, -0.25) is 4.79 Å². The van der Waals surface area contributed by atoms with E-state index in [4.69, 9.17) is 4.74 Å². The van der Waals surface area contributed by atoms with Gasteiger partial charge in [0.1, 0.15) is 4.88 Å². The monoisotopic (exact) mass is 294 g/mol. The van der Waals surface area contributed by atoms with Gasteiger partial charge in [-0.15, -0.1) is 5.10 Å². The van der Waals surface area contributed by atoms with Gasteiger partial charge in [-0.25, -0.2) is 4.39 Å². The third-order valence-electron chi connectivity index (χ3n) is 2.91. The minimum absolute atomic E-state index is 0.0103. The number of methoxy groups -OCH3 is 1. The maximum Gasteiger partial charge on any atom is 0.180 e. The van der Waals surface area contributed by atoms with Crippen LogP contribution in [0.15, 0.2) is 18.2 Å². The number of Topliss-reactive ketones (excluding diaryl/α,β-unsaturated/α-hetero) is 1. The number of hydrogen-bond acceptors (Lipinski definition) is 5. The number of benzene rings is 1. The van der Waals surface area contributed by atoms with Crippen molar-refractivity contribution in [3.05, 3.63) is 40.2 Å². The van der Waals surface area contributed by atoms with Gasteiger partial charge in [-0.1, -0.05) is 30.0 Å². The van der Waals surface area contributed by atoms with Gasteiger partial charge in [-0.05, 0) is 29.6 Å². The number of ether oxygens (including phenoxy) is 1. The van der Waals surface area contributed by atoms with E-state index in [9.17, 15) is 9.18 Å². The van der Waals surface area contributed by atoms with E-state index in [1.54, 1.807) is 12.1 Å². The molecule has 0 fully saturated rings. The average molecular weight is 294 g/mol. The normalized spacial score (nSPS) is 10.6. The molecule has 0 aliphatic heterocycles. The predicted octanol–water partition coefficient (Wildman–Crippen LogP) is 3.06. The third kappa shape index (κ3) is 3.01. The Labute approximate surface area is 120 Å². The fraction of sp³-hybridized carbons (Fsp3) is 0.357. The van der Waals surface area contributed by atoms with Crippen LogP contribution < -0.4 is 4.74 Å². The summed E-state index contributed by atoms with van der Waals surface area (Å²) in [5.74, 6) is -0.500. The molecule has 106 valence electrons. The van der Waals surface area contributed by atoms with E-state index in [-0.39, 0.29) is 18.0 Å². The lowest BCUT2D eigenvalue weighted by atomic mass is 10.1. The van der Waals surface area contributed by atoms with E-state index in [1.807, 2.05) is 6.92 Å². The van der Waals surface area contributed by atoms with E-state index in [1.165, 1.54) is 13.2 Å². The third-order valence-corrected chi connectivity index (χ3v) is 3.72. The van der Waals surface area contributed by atoms with Gasteiger partial charge < -0.3 is 4.74 Å². The Morgan fingerprint density at radius 1 is 1.45 bits per heavy atom. The highest BCUT2D eigenvalue weighted by Gasteiger charge is 2.18. The molecule has 1 heterocycles. The number of halogens is 1. The van der Waals surface area contributed by atoms with Crippen molar-refractivity contribution in [3.63, 3.8) is 0 Å². The second-order valence-corrected chi connectivity index (χ2v) is 5.09. The topological polar surface area (TPSA) is 52.1 Å². The van der Waals surface area contributed by atoms with Gasteiger partial charge in [0.2, 0.25) is 0 Å². The van der Waals surface area contributed by atoms with Crippen LogP contribution in [-0.2, 0) is 12.8 Å². The number of ketones is 1. The van der Waals surface area contributed by atoms with Gasteiger partial charge >= 0.3 is 0 Å². The first-order valence-electron chi connectivity index (χ1n) is 6.33. The first-order valence-corrected chi connectivity index (χ1v) is 7.10. The van der Waals surface area contributed by atoms with Crippen molar-refractivity contribution in [1.82, 2.24) is 9.59 Å². The van der Waals surface area contributed by atoms with Crippen LogP contribution in [0.1, 0.15) is 34.3 Å². The molecule has 20 heavy (non-hydrogen) atoms. The SMILES string of the molecule is CCCc1nnsc1C(=O)Cc1cccc(OC)c1F. The van der Waals surface area contributed by atoms with Crippen LogP contribution in [-0.4, -0.2) is 22.5 Å². The molecule has 0 unspecified atom stereocenters. The lowest BCUT2D eigenvalue weighted by Crippen LogP contribution is -2.07. The number of nitrogens with zero attached hydrogens (tertiary/aromatic N) is 2. The molecule has 0 saturated carbocycles. The van der Waals surface area contributed by atoms with E-state index in [0.29, 0.717) is 22.6 Å². The molecular formula is C14H15FN2O2S. The Kier molecular flexibility index (Phi) is 4.79. The summed E-state index contributed by atoms with van der Waals surface area (Å²) in [5, 5.41) is 3.95. The smallest absolute Gasteiger partial charge is 0.180 e. The molecule has 2 rings (SSSR count). The van der Waals surface area contributed by atoms with E-state index < -0.39 is 5.82 Å². The Hall–Kier alpha value is -1.82. The molecule has 0 saturated heterocycles. The predicted molar refractivity (Wildman–Crippen MR) is 74.9 cm³/mol. The van der Waals surface area contributed by atoms with Crippen LogP contribution in [0.25, 0.3) is 0 Å². The van der Waals surface area contributed by atoms with Crippen molar-refractivity contribution in [2.75, 3.05) is 7.11 Å². The van der Waals surface area contributed by atoms with Crippen molar-refractivity contribution in [2.45, 2.75) is 26.2 Å². The molecule has 0 amide bonds. The van der Waals surface area contributed by atoms with Gasteiger partial charge in [-0.2, -0.15) is 0 Å². The minimum atomic E-state index is -0.488. The quantitative estimate of drug-likeness (QED) is 0.768. The Morgan fingerprint density at radius 2 is 2.25 bits per heavy atom. The molecule has 6 heteroatoms. The summed E-state index contributed by atoms with van der Waals surface area (Å²) in [6.07, 6.45) is 1.58. The standard InChI is InChI=1S/C14H15FN2O2S/c1-3-5-10-14(20-17-16-10)11(18)8-9-6-4-7-12(19-2)13(9)15/h4,6-7H,3,5,8H2,1-2H3. The van der Waals surface area contributed by atoms with Crippen molar-refractivity contribution >= 4 is 17.3 Å². The number of aromatic nitrogens is 2. The molecule has 0 spiro atoms. The molecule has 0 aliphatic carbocycles. The van der Waals surface area contributed by atoms with Crippen molar-refractivity contribution in [2.24, 2.45) is 0 Å². The summed E-state index contributed by atoms with van der Waals surface area (Å²) < 4.78 is 22.7. The van der Waals surface area contributed by atoms with Crippen molar-refractivity contribution in [3.8, 4) is 5.75 Å². The highest BCUT2D eigenvalue weighted by atomic mass is 32.1. The second kappa shape index (κ2) is 6.56. The summed E-state index contributed by atoms with van der Waals surface area (Å²) in [4.78, 5) is 12.8. The number of carbonyl (C=O) groups is 1. The molecule has 0 radical (unpaired) electrons. The van der Waals surface area contributed by atoms with Gasteiger partial charge in [0, 0.05) is 6.42 Å².